The number of carbonyl (C=O) groups excluding carboxylic acids is 5. The van der Waals surface area contributed by atoms with Gasteiger partial charge in [-0.15, -0.1) is 6.42 Å². The summed E-state index contributed by atoms with van der Waals surface area (Å²) in [6.45, 7) is 3.96. The molecule has 6 atom stereocenters. The van der Waals surface area contributed by atoms with Crippen LogP contribution in [0.1, 0.15) is 34.1 Å². The highest BCUT2D eigenvalue weighted by atomic mass is 16.7. The molecule has 0 unspecified atom stereocenters. The fourth-order valence-electron chi connectivity index (χ4n) is 4.09. The molecule has 1 aliphatic rings. The minimum atomic E-state index is -2.30. The number of esters is 4. The zero-order valence-corrected chi connectivity index (χ0v) is 24.1. The van der Waals surface area contributed by atoms with Gasteiger partial charge >= 0.3 is 23.9 Å². The summed E-state index contributed by atoms with van der Waals surface area (Å²) in [5, 5.41) is 5.97. The maximum Gasteiger partial charge on any atom is 0.366 e. The lowest BCUT2D eigenvalue weighted by molar-refractivity contribution is -0.315. The Labute approximate surface area is 242 Å². The summed E-state index contributed by atoms with van der Waals surface area (Å²) in [6.07, 6.45) is -1.37. The monoisotopic (exact) mass is 600 g/mol. The van der Waals surface area contributed by atoms with Gasteiger partial charge in [0.2, 0.25) is 5.91 Å². The average Bonchev–Trinajstić information content (AvgIpc) is 2.91. The molecule has 1 fully saturated rings. The highest BCUT2D eigenvalue weighted by molar-refractivity contribution is 5.79. The second-order valence-corrected chi connectivity index (χ2v) is 8.76. The first-order valence-corrected chi connectivity index (χ1v) is 12.7. The van der Waals surface area contributed by atoms with Gasteiger partial charge in [0, 0.05) is 32.6 Å². The van der Waals surface area contributed by atoms with Crippen molar-refractivity contribution in [1.82, 2.24) is 5.32 Å². The van der Waals surface area contributed by atoms with E-state index >= 15 is 0 Å². The standard InChI is InChI=1S/C25H36N4O13/c1-7-8-36-9-10-37-11-12-38-25(24(34)35-6)13-19(39-16(3)31)21(28-15(2)30)23(42-25)22(41-18(5)33)20(14-27-29-26)40-17(4)32/h1,19-23H,8-14H2,2-6H3,(H,28,30)/t19-,20+,21+,22+,23+,25+/m0/s1. The van der Waals surface area contributed by atoms with Crippen molar-refractivity contribution < 1.29 is 61.9 Å². The number of hydrogen-bond donors (Lipinski definition) is 1. The van der Waals surface area contributed by atoms with Gasteiger partial charge in [0.25, 0.3) is 5.79 Å². The number of azide groups is 1. The number of nitrogens with zero attached hydrogens (tertiary/aromatic N) is 3. The summed E-state index contributed by atoms with van der Waals surface area (Å²) in [7, 11) is 1.05. The Bertz CT molecular complexity index is 1040. The van der Waals surface area contributed by atoms with Crippen LogP contribution in [0, 0.1) is 12.3 Å². The van der Waals surface area contributed by atoms with Gasteiger partial charge in [-0.1, -0.05) is 11.0 Å². The maximum atomic E-state index is 13.2. The topological polar surface area (TPSA) is 220 Å². The highest BCUT2D eigenvalue weighted by Crippen LogP contribution is 2.37. The van der Waals surface area contributed by atoms with Crippen molar-refractivity contribution in [3.05, 3.63) is 10.4 Å². The summed E-state index contributed by atoms with van der Waals surface area (Å²) < 4.78 is 43.5. The summed E-state index contributed by atoms with van der Waals surface area (Å²) in [5.74, 6) is -4.18. The third-order valence-electron chi connectivity index (χ3n) is 5.49. The van der Waals surface area contributed by atoms with E-state index in [-0.39, 0.29) is 33.0 Å². The Morgan fingerprint density at radius 1 is 1.05 bits per heavy atom. The van der Waals surface area contributed by atoms with Crippen LogP contribution in [0.25, 0.3) is 10.4 Å². The molecular weight excluding hydrogens is 564 g/mol. The van der Waals surface area contributed by atoms with Crippen molar-refractivity contribution in [1.29, 1.82) is 0 Å². The molecule has 0 bridgehead atoms. The fourth-order valence-corrected chi connectivity index (χ4v) is 4.09. The van der Waals surface area contributed by atoms with E-state index in [1.807, 2.05) is 0 Å². The molecule has 1 heterocycles. The number of nitrogens with one attached hydrogen (secondary N) is 1. The molecule has 42 heavy (non-hydrogen) atoms. The minimum Gasteiger partial charge on any atom is -0.465 e. The van der Waals surface area contributed by atoms with Crippen LogP contribution in [-0.4, -0.2) is 113 Å². The number of ether oxygens (including phenoxy) is 8. The zero-order valence-electron chi connectivity index (χ0n) is 24.1. The van der Waals surface area contributed by atoms with Crippen LogP contribution < -0.4 is 5.32 Å². The Kier molecular flexibility index (Phi) is 15.9. The number of methoxy groups -OCH3 is 1. The molecule has 17 nitrogen and oxygen atoms in total. The van der Waals surface area contributed by atoms with Gasteiger partial charge in [0.1, 0.15) is 24.9 Å². The molecule has 1 amide bonds. The molecular formula is C25H36N4O13. The first kappa shape index (κ1) is 36.1. The van der Waals surface area contributed by atoms with E-state index < -0.39 is 79.0 Å². The molecule has 1 saturated heterocycles. The van der Waals surface area contributed by atoms with Crippen LogP contribution in [-0.2, 0) is 61.9 Å². The molecule has 0 aromatic carbocycles. The smallest absolute Gasteiger partial charge is 0.366 e. The SMILES string of the molecule is C#CCOCCOCCO[C@]1(C(=O)OC)C[C@H](OC(C)=O)[C@@H](NC(C)=O)[C@H]([C@H](OC(C)=O)[C@@H](CN=[N+]=[N-])OC(C)=O)O1. The van der Waals surface area contributed by atoms with Gasteiger partial charge in [-0.25, -0.2) is 4.79 Å². The molecule has 234 valence electrons. The van der Waals surface area contributed by atoms with E-state index in [1.165, 1.54) is 0 Å². The van der Waals surface area contributed by atoms with Gasteiger partial charge < -0.3 is 43.2 Å². The minimum absolute atomic E-state index is 0.0557. The normalized spacial score (nSPS) is 22.7. The van der Waals surface area contributed by atoms with E-state index in [4.69, 9.17) is 49.8 Å². The summed E-state index contributed by atoms with van der Waals surface area (Å²) in [4.78, 5) is 64.2. The van der Waals surface area contributed by atoms with Crippen LogP contribution in [0.5, 0.6) is 0 Å². The Morgan fingerprint density at radius 2 is 1.69 bits per heavy atom. The molecule has 0 aliphatic carbocycles. The Hall–Kier alpha value is -3.94. The van der Waals surface area contributed by atoms with E-state index in [1.54, 1.807) is 0 Å². The number of rotatable bonds is 17. The predicted molar refractivity (Wildman–Crippen MR) is 139 cm³/mol. The van der Waals surface area contributed by atoms with Crippen LogP contribution in [0.15, 0.2) is 5.11 Å². The fraction of sp³-hybridized carbons (Fsp3) is 0.720. The van der Waals surface area contributed by atoms with Gasteiger partial charge in [0.05, 0.1) is 52.5 Å². The van der Waals surface area contributed by atoms with Crippen molar-refractivity contribution in [2.45, 2.75) is 70.4 Å². The zero-order chi connectivity index (χ0) is 31.7. The second kappa shape index (κ2) is 18.5. The lowest BCUT2D eigenvalue weighted by Crippen LogP contribution is -2.69. The third-order valence-corrected chi connectivity index (χ3v) is 5.49. The lowest BCUT2D eigenvalue weighted by Gasteiger charge is -2.48. The van der Waals surface area contributed by atoms with E-state index in [9.17, 15) is 24.0 Å². The van der Waals surface area contributed by atoms with E-state index in [0.29, 0.717) is 0 Å². The Balaban J connectivity index is 3.58. The number of carbonyl (C=O) groups is 5. The van der Waals surface area contributed by atoms with Crippen molar-refractivity contribution in [2.75, 3.05) is 46.7 Å². The first-order chi connectivity index (χ1) is 19.9. The maximum absolute atomic E-state index is 13.2. The Morgan fingerprint density at radius 3 is 2.24 bits per heavy atom. The summed E-state index contributed by atoms with van der Waals surface area (Å²) >= 11 is 0. The molecule has 0 radical (unpaired) electrons. The van der Waals surface area contributed by atoms with Crippen LogP contribution in [0.2, 0.25) is 0 Å². The molecule has 1 N–H and O–H groups in total. The lowest BCUT2D eigenvalue weighted by atomic mass is 9.87. The van der Waals surface area contributed by atoms with Crippen molar-refractivity contribution >= 4 is 29.8 Å². The number of amides is 1. The van der Waals surface area contributed by atoms with Crippen LogP contribution in [0.3, 0.4) is 0 Å². The van der Waals surface area contributed by atoms with Crippen molar-refractivity contribution in [3.63, 3.8) is 0 Å². The van der Waals surface area contributed by atoms with Crippen LogP contribution >= 0.6 is 0 Å². The average molecular weight is 601 g/mol. The first-order valence-electron chi connectivity index (χ1n) is 12.7. The third kappa shape index (κ3) is 11.9. The van der Waals surface area contributed by atoms with E-state index in [2.05, 4.69) is 21.3 Å². The molecule has 0 spiro atoms. The van der Waals surface area contributed by atoms with E-state index in [0.717, 1.165) is 34.8 Å². The predicted octanol–water partition coefficient (Wildman–Crippen LogP) is -0.0623. The molecule has 0 aromatic rings. The number of hydrogen-bond acceptors (Lipinski definition) is 14. The molecule has 0 aromatic heterocycles. The summed E-state index contributed by atoms with van der Waals surface area (Å²) in [6, 6.07) is -1.29. The van der Waals surface area contributed by atoms with Gasteiger partial charge in [0.15, 0.2) is 6.10 Å². The molecule has 1 aliphatic heterocycles. The van der Waals surface area contributed by atoms with Gasteiger partial charge in [-0.05, 0) is 5.53 Å². The molecule has 17 heteroatoms. The van der Waals surface area contributed by atoms with Gasteiger partial charge in [-0.2, -0.15) is 0 Å². The number of terminal acetylenes is 1. The van der Waals surface area contributed by atoms with Crippen molar-refractivity contribution in [2.24, 2.45) is 5.11 Å². The van der Waals surface area contributed by atoms with Crippen molar-refractivity contribution in [3.8, 4) is 12.3 Å². The highest BCUT2D eigenvalue weighted by Gasteiger charge is 2.59. The summed E-state index contributed by atoms with van der Waals surface area (Å²) in [5.41, 5.74) is 8.88. The van der Waals surface area contributed by atoms with Gasteiger partial charge in [-0.3, -0.25) is 19.2 Å². The van der Waals surface area contributed by atoms with Crippen LogP contribution in [0.4, 0.5) is 0 Å². The molecule has 1 rings (SSSR count). The second-order valence-electron chi connectivity index (χ2n) is 8.76. The molecule has 0 saturated carbocycles. The quantitative estimate of drug-likeness (QED) is 0.0440. The largest absolute Gasteiger partial charge is 0.465 e.